The minimum atomic E-state index is -0.234. The minimum Gasteiger partial charge on any atom is -0.399 e. The minimum absolute atomic E-state index is 0.0247. The van der Waals surface area contributed by atoms with Gasteiger partial charge in [-0.2, -0.15) is 0 Å². The number of para-hydroxylation sites is 1. The normalized spacial score (nSPS) is 10.3. The molecule has 3 N–H and O–H groups in total. The number of anilines is 2. The smallest absolute Gasteiger partial charge is 0.224 e. The molecule has 2 aromatic carbocycles. The fourth-order valence-electron chi connectivity index (χ4n) is 2.31. The van der Waals surface area contributed by atoms with Crippen LogP contribution in [0.4, 0.5) is 15.8 Å². The Morgan fingerprint density at radius 1 is 1.17 bits per heavy atom. The van der Waals surface area contributed by atoms with E-state index in [1.54, 1.807) is 24.3 Å². The van der Waals surface area contributed by atoms with Gasteiger partial charge in [-0.05, 0) is 36.2 Å². The Balaban J connectivity index is 1.69. The van der Waals surface area contributed by atoms with E-state index >= 15 is 0 Å². The van der Waals surface area contributed by atoms with Gasteiger partial charge >= 0.3 is 0 Å². The second-order valence-corrected chi connectivity index (χ2v) is 5.49. The van der Waals surface area contributed by atoms with Crippen molar-refractivity contribution in [3.8, 4) is 0 Å². The van der Waals surface area contributed by atoms with Crippen molar-refractivity contribution in [3.05, 3.63) is 59.9 Å². The summed E-state index contributed by atoms with van der Waals surface area (Å²) >= 11 is 0. The van der Waals surface area contributed by atoms with Crippen LogP contribution in [0.2, 0.25) is 0 Å². The molecule has 2 rings (SSSR count). The molecule has 5 heteroatoms. The summed E-state index contributed by atoms with van der Waals surface area (Å²) in [6.07, 6.45) is 1.09. The molecule has 0 aliphatic rings. The number of benzene rings is 2. The van der Waals surface area contributed by atoms with Gasteiger partial charge in [0.05, 0.1) is 12.1 Å². The van der Waals surface area contributed by atoms with Crippen molar-refractivity contribution < 1.29 is 9.18 Å². The van der Waals surface area contributed by atoms with Crippen molar-refractivity contribution in [2.75, 3.05) is 30.8 Å². The van der Waals surface area contributed by atoms with E-state index in [9.17, 15) is 9.18 Å². The fourth-order valence-corrected chi connectivity index (χ4v) is 2.31. The molecule has 0 aromatic heterocycles. The number of rotatable bonds is 7. The highest BCUT2D eigenvalue weighted by molar-refractivity contribution is 5.78. The fraction of sp³-hybridized carbons (Fsp3) is 0.278. The summed E-state index contributed by atoms with van der Waals surface area (Å²) in [5, 5.41) is 2.88. The molecule has 0 saturated heterocycles. The van der Waals surface area contributed by atoms with Gasteiger partial charge in [0.2, 0.25) is 5.91 Å². The van der Waals surface area contributed by atoms with Gasteiger partial charge in [-0.25, -0.2) is 4.39 Å². The van der Waals surface area contributed by atoms with Gasteiger partial charge in [-0.15, -0.1) is 0 Å². The maximum absolute atomic E-state index is 13.6. The van der Waals surface area contributed by atoms with E-state index in [1.165, 1.54) is 6.07 Å². The lowest BCUT2D eigenvalue weighted by Crippen LogP contribution is -2.29. The van der Waals surface area contributed by atoms with Gasteiger partial charge in [0.15, 0.2) is 0 Å². The van der Waals surface area contributed by atoms with Crippen LogP contribution in [0.25, 0.3) is 0 Å². The molecule has 23 heavy (non-hydrogen) atoms. The molecule has 0 radical (unpaired) electrons. The first-order valence-corrected chi connectivity index (χ1v) is 7.63. The van der Waals surface area contributed by atoms with Crippen molar-refractivity contribution in [2.24, 2.45) is 0 Å². The van der Waals surface area contributed by atoms with Crippen LogP contribution in [0.1, 0.15) is 12.0 Å². The Labute approximate surface area is 136 Å². The Morgan fingerprint density at radius 3 is 2.57 bits per heavy atom. The molecule has 0 aliphatic carbocycles. The van der Waals surface area contributed by atoms with E-state index < -0.39 is 0 Å². The molecule has 4 nitrogen and oxygen atoms in total. The number of hydrogen-bond donors (Lipinski definition) is 2. The maximum atomic E-state index is 13.6. The average Bonchev–Trinajstić information content (AvgIpc) is 2.54. The Kier molecular flexibility index (Phi) is 5.97. The molecular weight excluding hydrogens is 293 g/mol. The second kappa shape index (κ2) is 8.17. The van der Waals surface area contributed by atoms with Gasteiger partial charge in [-0.1, -0.05) is 24.3 Å². The molecule has 0 bridgehead atoms. The number of nitrogens with zero attached hydrogens (tertiary/aromatic N) is 1. The number of nitrogen functional groups attached to an aromatic ring is 1. The predicted octanol–water partition coefficient (Wildman–Crippen LogP) is 2.59. The molecule has 0 spiro atoms. The summed E-state index contributed by atoms with van der Waals surface area (Å²) in [5.74, 6) is -0.259. The average molecular weight is 315 g/mol. The van der Waals surface area contributed by atoms with Gasteiger partial charge in [0, 0.05) is 25.8 Å². The number of nitrogens with two attached hydrogens (primary N) is 1. The third kappa shape index (κ3) is 5.29. The summed E-state index contributed by atoms with van der Waals surface area (Å²) in [6.45, 7) is 1.23. The Morgan fingerprint density at radius 2 is 1.87 bits per heavy atom. The SMILES string of the molecule is CN(CCCNC(=O)Cc1ccc(N)cc1)c1ccccc1F. The van der Waals surface area contributed by atoms with Crippen LogP contribution in [0.3, 0.4) is 0 Å². The summed E-state index contributed by atoms with van der Waals surface area (Å²) in [5.41, 5.74) is 7.80. The zero-order valence-electron chi connectivity index (χ0n) is 13.3. The van der Waals surface area contributed by atoms with Crippen LogP contribution >= 0.6 is 0 Å². The summed E-state index contributed by atoms with van der Waals surface area (Å²) < 4.78 is 13.6. The number of carbonyl (C=O) groups excluding carboxylic acids is 1. The van der Waals surface area contributed by atoms with E-state index in [-0.39, 0.29) is 11.7 Å². The Hall–Kier alpha value is -2.56. The monoisotopic (exact) mass is 315 g/mol. The van der Waals surface area contributed by atoms with Crippen LogP contribution in [-0.2, 0) is 11.2 Å². The molecule has 0 fully saturated rings. The second-order valence-electron chi connectivity index (χ2n) is 5.49. The zero-order chi connectivity index (χ0) is 16.7. The van der Waals surface area contributed by atoms with Crippen molar-refractivity contribution in [3.63, 3.8) is 0 Å². The van der Waals surface area contributed by atoms with Crippen LogP contribution in [0, 0.1) is 5.82 Å². The number of carbonyl (C=O) groups is 1. The van der Waals surface area contributed by atoms with Crippen molar-refractivity contribution in [1.29, 1.82) is 0 Å². The highest BCUT2D eigenvalue weighted by Crippen LogP contribution is 2.16. The molecule has 122 valence electrons. The van der Waals surface area contributed by atoms with Crippen LogP contribution in [0.15, 0.2) is 48.5 Å². The summed E-state index contributed by atoms with van der Waals surface area (Å²) in [4.78, 5) is 13.7. The van der Waals surface area contributed by atoms with Gasteiger partial charge < -0.3 is 16.0 Å². The van der Waals surface area contributed by atoms with Crippen molar-refractivity contribution in [1.82, 2.24) is 5.32 Å². The summed E-state index contributed by atoms with van der Waals surface area (Å²) in [7, 11) is 1.84. The van der Waals surface area contributed by atoms with Crippen LogP contribution < -0.4 is 16.0 Å². The highest BCUT2D eigenvalue weighted by Gasteiger charge is 2.07. The summed E-state index contributed by atoms with van der Waals surface area (Å²) in [6, 6.07) is 13.9. The third-order valence-electron chi connectivity index (χ3n) is 3.60. The number of halogens is 1. The topological polar surface area (TPSA) is 58.4 Å². The number of nitrogens with one attached hydrogen (secondary N) is 1. The largest absolute Gasteiger partial charge is 0.399 e. The molecule has 0 atom stereocenters. The van der Waals surface area contributed by atoms with E-state index in [0.717, 1.165) is 12.0 Å². The number of amides is 1. The lowest BCUT2D eigenvalue weighted by atomic mass is 10.1. The maximum Gasteiger partial charge on any atom is 0.224 e. The molecule has 0 unspecified atom stereocenters. The van der Waals surface area contributed by atoms with E-state index in [4.69, 9.17) is 5.73 Å². The van der Waals surface area contributed by atoms with Gasteiger partial charge in [0.1, 0.15) is 5.82 Å². The highest BCUT2D eigenvalue weighted by atomic mass is 19.1. The van der Waals surface area contributed by atoms with Crippen molar-refractivity contribution >= 4 is 17.3 Å². The first kappa shape index (κ1) is 16.8. The molecule has 1 amide bonds. The first-order valence-electron chi connectivity index (χ1n) is 7.63. The molecule has 0 aliphatic heterocycles. The lowest BCUT2D eigenvalue weighted by Gasteiger charge is -2.19. The molecule has 0 saturated carbocycles. The van der Waals surface area contributed by atoms with E-state index in [2.05, 4.69) is 5.32 Å². The number of hydrogen-bond acceptors (Lipinski definition) is 3. The predicted molar refractivity (Wildman–Crippen MR) is 91.9 cm³/mol. The molecule has 0 heterocycles. The quantitative estimate of drug-likeness (QED) is 0.610. The third-order valence-corrected chi connectivity index (χ3v) is 3.60. The van der Waals surface area contributed by atoms with Crippen LogP contribution in [-0.4, -0.2) is 26.0 Å². The zero-order valence-corrected chi connectivity index (χ0v) is 13.3. The van der Waals surface area contributed by atoms with E-state index in [0.29, 0.717) is 30.9 Å². The van der Waals surface area contributed by atoms with E-state index in [1.807, 2.05) is 30.1 Å². The molecule has 2 aromatic rings. The van der Waals surface area contributed by atoms with Gasteiger partial charge in [0.25, 0.3) is 0 Å². The van der Waals surface area contributed by atoms with Crippen LogP contribution in [0.5, 0.6) is 0 Å². The standard InChI is InChI=1S/C18H22FN3O/c1-22(17-6-3-2-5-16(17)19)12-4-11-21-18(23)13-14-7-9-15(20)10-8-14/h2-3,5-10H,4,11-13,20H2,1H3,(H,21,23). The van der Waals surface area contributed by atoms with Crippen molar-refractivity contribution in [2.45, 2.75) is 12.8 Å². The van der Waals surface area contributed by atoms with Gasteiger partial charge in [-0.3, -0.25) is 4.79 Å². The lowest BCUT2D eigenvalue weighted by molar-refractivity contribution is -0.120. The first-order chi connectivity index (χ1) is 11.1. The Bertz CT molecular complexity index is 643. The molecular formula is C18H22FN3O.